The van der Waals surface area contributed by atoms with E-state index >= 15 is 0 Å². The van der Waals surface area contributed by atoms with Crippen molar-refractivity contribution in [1.82, 2.24) is 4.90 Å². The normalized spacial score (nSPS) is 35.2. The lowest BCUT2D eigenvalue weighted by Gasteiger charge is -2.50. The summed E-state index contributed by atoms with van der Waals surface area (Å²) in [4.78, 5) is 15.5. The minimum Gasteiger partial charge on any atom is -0.466 e. The summed E-state index contributed by atoms with van der Waals surface area (Å²) < 4.78 is 6.35. The van der Waals surface area contributed by atoms with Crippen molar-refractivity contribution in [3.63, 3.8) is 0 Å². The molecule has 5 rings (SSSR count). The molecule has 0 radical (unpaired) electrons. The number of hydrogen-bond acceptors (Lipinski definition) is 4. The van der Waals surface area contributed by atoms with Crippen LogP contribution in [-0.2, 0) is 14.9 Å². The predicted octanol–water partition coefficient (Wildman–Crippen LogP) is 3.67. The Kier molecular flexibility index (Phi) is 3.39. The van der Waals surface area contributed by atoms with E-state index in [0.717, 1.165) is 53.8 Å². The Labute approximate surface area is 156 Å². The van der Waals surface area contributed by atoms with Crippen LogP contribution in [0, 0.1) is 11.8 Å². The molecule has 3 aliphatic heterocycles. The van der Waals surface area contributed by atoms with Gasteiger partial charge in [0.25, 0.3) is 0 Å². The third-order valence-corrected chi connectivity index (χ3v) is 7.55. The van der Waals surface area contributed by atoms with Crippen LogP contribution >= 0.6 is 15.9 Å². The smallest absolute Gasteiger partial charge is 0.335 e. The van der Waals surface area contributed by atoms with Crippen molar-refractivity contribution in [1.29, 1.82) is 0 Å². The fraction of sp³-hybridized carbons (Fsp3) is 0.550. The van der Waals surface area contributed by atoms with Gasteiger partial charge in [0, 0.05) is 28.4 Å². The number of carbonyl (C=O) groups excluding carboxylic acids is 1. The van der Waals surface area contributed by atoms with Gasteiger partial charge in [-0.1, -0.05) is 29.3 Å². The second-order valence-electron chi connectivity index (χ2n) is 7.84. The number of esters is 1. The van der Waals surface area contributed by atoms with Gasteiger partial charge in [0.15, 0.2) is 0 Å². The molecule has 4 aliphatic rings. The highest BCUT2D eigenvalue weighted by molar-refractivity contribution is 9.10. The van der Waals surface area contributed by atoms with E-state index < -0.39 is 0 Å². The van der Waals surface area contributed by atoms with Crippen LogP contribution in [0.15, 0.2) is 33.9 Å². The van der Waals surface area contributed by atoms with Crippen molar-refractivity contribution in [3.05, 3.63) is 39.5 Å². The number of piperidine rings is 1. The molecular weight excluding hydrogens is 380 g/mol. The Morgan fingerprint density at radius 2 is 2.32 bits per heavy atom. The molecule has 132 valence electrons. The summed E-state index contributed by atoms with van der Waals surface area (Å²) in [5.41, 5.74) is 4.48. The third-order valence-electron chi connectivity index (χ3n) is 7.06. The molecule has 3 heterocycles. The standard InChI is InChI=1S/C20H23BrN2O2/c1-3-11-10-23-7-6-20-14-8-12(21)4-5-15(14)22-18(20)17(19(24)25-2)13(11)9-16(20)23/h4-5,8,11,13,16,22H,3,6-7,9-10H2,1-2H3/t11?,13?,16-,20+/m0/s1. The maximum atomic E-state index is 12.8. The Balaban J connectivity index is 1.79. The lowest BCUT2D eigenvalue weighted by Crippen LogP contribution is -2.55. The highest BCUT2D eigenvalue weighted by Crippen LogP contribution is 2.61. The van der Waals surface area contributed by atoms with Crippen LogP contribution in [0.25, 0.3) is 0 Å². The van der Waals surface area contributed by atoms with Gasteiger partial charge in [0.05, 0.1) is 18.1 Å². The Morgan fingerprint density at radius 3 is 3.08 bits per heavy atom. The molecule has 4 atom stereocenters. The first-order chi connectivity index (χ1) is 12.1. The van der Waals surface area contributed by atoms with Crippen molar-refractivity contribution in [2.75, 3.05) is 25.5 Å². The average Bonchev–Trinajstić information content (AvgIpc) is 3.17. The van der Waals surface area contributed by atoms with Crippen LogP contribution in [0.1, 0.15) is 31.7 Å². The number of nitrogens with one attached hydrogen (secondary N) is 1. The summed E-state index contributed by atoms with van der Waals surface area (Å²) in [5, 5.41) is 3.65. The number of rotatable bonds is 2. The second kappa shape index (κ2) is 5.34. The summed E-state index contributed by atoms with van der Waals surface area (Å²) in [6.07, 6.45) is 3.25. The SMILES string of the molecule is CCC1CN2CC[C@]34C(=C(C(=O)OC)C1C[C@H]23)Nc1ccc(Br)cc14. The molecule has 2 saturated heterocycles. The monoisotopic (exact) mass is 402 g/mol. The highest BCUT2D eigenvalue weighted by atomic mass is 79.9. The van der Waals surface area contributed by atoms with E-state index in [9.17, 15) is 4.79 Å². The molecule has 0 aromatic heterocycles. The van der Waals surface area contributed by atoms with Crippen molar-refractivity contribution in [2.24, 2.45) is 11.8 Å². The summed E-state index contributed by atoms with van der Waals surface area (Å²) in [7, 11) is 1.51. The molecule has 1 aromatic carbocycles. The van der Waals surface area contributed by atoms with E-state index in [2.05, 4.69) is 51.3 Å². The molecule has 25 heavy (non-hydrogen) atoms. The zero-order chi connectivity index (χ0) is 17.3. The van der Waals surface area contributed by atoms with Crippen LogP contribution in [0.5, 0.6) is 0 Å². The number of anilines is 1. The topological polar surface area (TPSA) is 41.6 Å². The fourth-order valence-electron chi connectivity index (χ4n) is 5.99. The van der Waals surface area contributed by atoms with Gasteiger partial charge >= 0.3 is 5.97 Å². The van der Waals surface area contributed by atoms with Crippen LogP contribution < -0.4 is 5.32 Å². The molecule has 1 aromatic rings. The van der Waals surface area contributed by atoms with Gasteiger partial charge in [-0.3, -0.25) is 4.90 Å². The fourth-order valence-corrected chi connectivity index (χ4v) is 6.35. The van der Waals surface area contributed by atoms with E-state index in [1.54, 1.807) is 0 Å². The van der Waals surface area contributed by atoms with E-state index in [4.69, 9.17) is 4.74 Å². The van der Waals surface area contributed by atoms with Gasteiger partial charge in [-0.2, -0.15) is 0 Å². The minimum absolute atomic E-state index is 0.0716. The Bertz CT molecular complexity index is 805. The zero-order valence-electron chi connectivity index (χ0n) is 14.6. The van der Waals surface area contributed by atoms with E-state index in [-0.39, 0.29) is 11.4 Å². The van der Waals surface area contributed by atoms with Crippen molar-refractivity contribution in [2.45, 2.75) is 37.6 Å². The summed E-state index contributed by atoms with van der Waals surface area (Å²) >= 11 is 3.65. The van der Waals surface area contributed by atoms with Gasteiger partial charge < -0.3 is 10.1 Å². The quantitative estimate of drug-likeness (QED) is 0.766. The van der Waals surface area contributed by atoms with Crippen LogP contribution in [0.4, 0.5) is 5.69 Å². The van der Waals surface area contributed by atoms with Crippen molar-refractivity contribution < 1.29 is 9.53 Å². The number of fused-ring (bicyclic) bond motifs is 2. The van der Waals surface area contributed by atoms with E-state index in [1.807, 2.05) is 0 Å². The van der Waals surface area contributed by atoms with Gasteiger partial charge in [0.2, 0.25) is 0 Å². The van der Waals surface area contributed by atoms with Crippen molar-refractivity contribution in [3.8, 4) is 0 Å². The van der Waals surface area contributed by atoms with Gasteiger partial charge in [0.1, 0.15) is 0 Å². The van der Waals surface area contributed by atoms with Gasteiger partial charge in [-0.15, -0.1) is 0 Å². The zero-order valence-corrected chi connectivity index (χ0v) is 16.2. The molecule has 0 amide bonds. The molecule has 2 bridgehead atoms. The summed E-state index contributed by atoms with van der Waals surface area (Å²) in [6.45, 7) is 4.46. The van der Waals surface area contributed by atoms with Crippen molar-refractivity contribution >= 4 is 27.6 Å². The maximum Gasteiger partial charge on any atom is 0.335 e. The molecule has 2 unspecified atom stereocenters. The number of hydrogen-bond donors (Lipinski definition) is 1. The maximum absolute atomic E-state index is 12.8. The van der Waals surface area contributed by atoms with Crippen LogP contribution in [0.2, 0.25) is 0 Å². The molecule has 4 nitrogen and oxygen atoms in total. The molecule has 1 N–H and O–H groups in total. The molecule has 1 spiro atoms. The number of methoxy groups -OCH3 is 1. The van der Waals surface area contributed by atoms with E-state index in [0.29, 0.717) is 17.9 Å². The second-order valence-corrected chi connectivity index (χ2v) is 8.75. The summed E-state index contributed by atoms with van der Waals surface area (Å²) in [5.74, 6) is 0.701. The average molecular weight is 403 g/mol. The van der Waals surface area contributed by atoms with E-state index in [1.165, 1.54) is 12.7 Å². The Hall–Kier alpha value is -1.33. The molecule has 1 aliphatic carbocycles. The number of halogens is 1. The predicted molar refractivity (Wildman–Crippen MR) is 100 cm³/mol. The first-order valence-electron chi connectivity index (χ1n) is 9.24. The first-order valence-corrected chi connectivity index (χ1v) is 10.0. The van der Waals surface area contributed by atoms with Crippen LogP contribution in [-0.4, -0.2) is 37.1 Å². The first kappa shape index (κ1) is 15.9. The van der Waals surface area contributed by atoms with Gasteiger partial charge in [-0.25, -0.2) is 4.79 Å². The molecular formula is C20H23BrN2O2. The van der Waals surface area contributed by atoms with Gasteiger partial charge in [-0.05, 0) is 55.0 Å². The number of ether oxygens (including phenoxy) is 1. The summed E-state index contributed by atoms with van der Waals surface area (Å²) in [6, 6.07) is 6.95. The number of carbonyl (C=O) groups is 1. The Morgan fingerprint density at radius 1 is 1.48 bits per heavy atom. The third kappa shape index (κ3) is 1.89. The van der Waals surface area contributed by atoms with Crippen LogP contribution in [0.3, 0.4) is 0 Å². The lowest BCUT2D eigenvalue weighted by molar-refractivity contribution is -0.137. The molecule has 5 heteroatoms. The molecule has 2 fully saturated rings. The number of nitrogens with zero attached hydrogens (tertiary/aromatic N) is 1. The highest BCUT2D eigenvalue weighted by Gasteiger charge is 2.62. The molecule has 0 saturated carbocycles. The number of benzene rings is 1. The minimum atomic E-state index is -0.143. The lowest BCUT2D eigenvalue weighted by atomic mass is 9.60. The largest absolute Gasteiger partial charge is 0.466 e.